The summed E-state index contributed by atoms with van der Waals surface area (Å²) in [5.74, 6) is -0.0649. The molecule has 1 N–H and O–H groups in total. The summed E-state index contributed by atoms with van der Waals surface area (Å²) in [5, 5.41) is 3.54. The number of nitrogens with one attached hydrogen (secondary N) is 1. The van der Waals surface area contributed by atoms with E-state index in [2.05, 4.69) is 31.2 Å². The van der Waals surface area contributed by atoms with Crippen LogP contribution in [0.4, 0.5) is 5.69 Å². The Kier molecular flexibility index (Phi) is 6.62. The fourth-order valence-corrected chi connectivity index (χ4v) is 5.02. The molecule has 10 heteroatoms. The lowest BCUT2D eigenvalue weighted by atomic mass is 10.2. The van der Waals surface area contributed by atoms with Gasteiger partial charge in [0.2, 0.25) is 0 Å². The van der Waals surface area contributed by atoms with E-state index in [9.17, 15) is 4.79 Å². The first-order chi connectivity index (χ1) is 15.3. The zero-order valence-corrected chi connectivity index (χ0v) is 20.8. The Balaban J connectivity index is 1.79. The van der Waals surface area contributed by atoms with Gasteiger partial charge in [-0.25, -0.2) is 9.97 Å². The third-order valence-corrected chi connectivity index (χ3v) is 7.05. The van der Waals surface area contributed by atoms with Gasteiger partial charge in [0, 0.05) is 12.7 Å². The van der Waals surface area contributed by atoms with Crippen LogP contribution >= 0.6 is 50.7 Å². The number of anilines is 1. The second kappa shape index (κ2) is 9.27. The van der Waals surface area contributed by atoms with Gasteiger partial charge in [-0.1, -0.05) is 65.1 Å². The number of rotatable bonds is 5. The van der Waals surface area contributed by atoms with Gasteiger partial charge in [-0.2, -0.15) is 0 Å². The largest absolute Gasteiger partial charge is 0.494 e. The lowest BCUT2D eigenvalue weighted by molar-refractivity contribution is 0.102. The maximum absolute atomic E-state index is 13.3. The van der Waals surface area contributed by atoms with Crippen molar-refractivity contribution in [2.24, 2.45) is 0 Å². The fraction of sp³-hybridized carbons (Fsp3) is 0.136. The van der Waals surface area contributed by atoms with E-state index in [1.807, 2.05) is 34.9 Å². The summed E-state index contributed by atoms with van der Waals surface area (Å²) in [4.78, 5) is 21.7. The van der Waals surface area contributed by atoms with Crippen LogP contribution in [0.15, 0.2) is 47.3 Å². The molecule has 2 aromatic carbocycles. The molecular formula is C22H16BrCl3N4O2. The molecule has 164 valence electrons. The fourth-order valence-electron chi connectivity index (χ4n) is 3.39. The Morgan fingerprint density at radius 1 is 1.16 bits per heavy atom. The van der Waals surface area contributed by atoms with Crippen molar-refractivity contribution >= 4 is 73.4 Å². The van der Waals surface area contributed by atoms with E-state index in [1.165, 1.54) is 13.4 Å². The number of amides is 1. The molecule has 0 saturated heterocycles. The van der Waals surface area contributed by atoms with Crippen molar-refractivity contribution < 1.29 is 9.53 Å². The summed E-state index contributed by atoms with van der Waals surface area (Å²) in [6.07, 6.45) is 3.01. The molecule has 0 atom stereocenters. The number of fused-ring (bicyclic) bond motifs is 1. The number of nitrogens with zero attached hydrogens (tertiary/aromatic N) is 3. The number of methoxy groups -OCH3 is 1. The Morgan fingerprint density at radius 3 is 2.56 bits per heavy atom. The number of halogens is 4. The summed E-state index contributed by atoms with van der Waals surface area (Å²) in [6, 6.07) is 9.80. The number of ether oxygens (including phenoxy) is 1. The number of hydrogen-bond acceptors (Lipinski definition) is 4. The first-order valence-electron chi connectivity index (χ1n) is 9.39. The predicted molar refractivity (Wildman–Crippen MR) is 131 cm³/mol. The van der Waals surface area contributed by atoms with Crippen LogP contribution in [-0.2, 0) is 6.54 Å². The van der Waals surface area contributed by atoms with E-state index in [-0.39, 0.29) is 15.9 Å². The second-order valence-corrected chi connectivity index (χ2v) is 8.85. The Bertz CT molecular complexity index is 1340. The van der Waals surface area contributed by atoms with Crippen molar-refractivity contribution in [1.82, 2.24) is 14.5 Å². The number of hydrogen-bond donors (Lipinski definition) is 1. The molecule has 4 aromatic rings. The highest BCUT2D eigenvalue weighted by atomic mass is 79.9. The van der Waals surface area contributed by atoms with Crippen molar-refractivity contribution in [2.45, 2.75) is 13.5 Å². The van der Waals surface area contributed by atoms with Crippen LogP contribution < -0.4 is 10.1 Å². The molecule has 0 saturated carbocycles. The van der Waals surface area contributed by atoms with E-state index in [0.29, 0.717) is 43.9 Å². The molecule has 0 fully saturated rings. The molecule has 2 aromatic heterocycles. The van der Waals surface area contributed by atoms with Gasteiger partial charge in [0.1, 0.15) is 22.4 Å². The van der Waals surface area contributed by atoms with Gasteiger partial charge in [0.15, 0.2) is 10.9 Å². The Labute approximate surface area is 207 Å². The molecule has 0 bridgehead atoms. The average Bonchev–Trinajstić information content (AvgIpc) is 3.16. The summed E-state index contributed by atoms with van der Waals surface area (Å²) >= 11 is 22.7. The molecule has 0 aliphatic heterocycles. The molecule has 32 heavy (non-hydrogen) atoms. The molecule has 0 unspecified atom stereocenters. The van der Waals surface area contributed by atoms with Crippen molar-refractivity contribution in [3.05, 3.63) is 79.2 Å². The van der Waals surface area contributed by atoms with E-state index >= 15 is 0 Å². The van der Waals surface area contributed by atoms with Crippen LogP contribution in [-0.4, -0.2) is 27.6 Å². The number of benzene rings is 2. The smallest absolute Gasteiger partial charge is 0.259 e. The summed E-state index contributed by atoms with van der Waals surface area (Å²) < 4.78 is 7.83. The van der Waals surface area contributed by atoms with Gasteiger partial charge in [-0.15, -0.1) is 0 Å². The maximum atomic E-state index is 13.3. The first-order valence-corrected chi connectivity index (χ1v) is 11.3. The zero-order chi connectivity index (χ0) is 23.0. The van der Waals surface area contributed by atoms with Crippen LogP contribution in [0.3, 0.4) is 0 Å². The topological polar surface area (TPSA) is 69.0 Å². The van der Waals surface area contributed by atoms with E-state index in [4.69, 9.17) is 39.5 Å². The lowest BCUT2D eigenvalue weighted by Crippen LogP contribution is -2.13. The van der Waals surface area contributed by atoms with Crippen LogP contribution in [0.5, 0.6) is 5.75 Å². The standard InChI is InChI=1S/C22H16BrCl3N4O2/c1-11-14(23)20(32-2)16(25)18(15(11)24)29-22(31)13-9-30(8-12-6-4-3-5-7-12)19-17(13)27-10-28-21(19)26/h3-7,9-10H,8H2,1-2H3,(H,29,31). The normalized spacial score (nSPS) is 11.1. The minimum Gasteiger partial charge on any atom is -0.494 e. The third kappa shape index (κ3) is 4.06. The Hall–Kier alpha value is -2.32. The highest BCUT2D eigenvalue weighted by Crippen LogP contribution is 2.46. The molecule has 0 spiro atoms. The van der Waals surface area contributed by atoms with Gasteiger partial charge in [-0.05, 0) is 34.0 Å². The van der Waals surface area contributed by atoms with Crippen molar-refractivity contribution in [2.75, 3.05) is 12.4 Å². The molecule has 0 aliphatic carbocycles. The quantitative estimate of drug-likeness (QED) is 0.277. The SMILES string of the molecule is COc1c(Cl)c(NC(=O)c2cn(Cc3ccccc3)c3c(Cl)ncnc23)c(Cl)c(C)c1Br. The molecule has 6 nitrogen and oxygen atoms in total. The molecule has 0 radical (unpaired) electrons. The Morgan fingerprint density at radius 2 is 1.88 bits per heavy atom. The summed E-state index contributed by atoms with van der Waals surface area (Å²) in [6.45, 7) is 2.28. The number of aromatic nitrogens is 3. The molecule has 1 amide bonds. The number of carbonyl (C=O) groups excluding carboxylic acids is 1. The van der Waals surface area contributed by atoms with Crippen molar-refractivity contribution in [1.29, 1.82) is 0 Å². The minimum absolute atomic E-state index is 0.184. The molecular weight excluding hydrogens is 539 g/mol. The van der Waals surface area contributed by atoms with E-state index < -0.39 is 5.91 Å². The summed E-state index contributed by atoms with van der Waals surface area (Å²) in [5.41, 5.74) is 3.26. The maximum Gasteiger partial charge on any atom is 0.259 e. The van der Waals surface area contributed by atoms with Gasteiger partial charge >= 0.3 is 0 Å². The van der Waals surface area contributed by atoms with E-state index in [0.717, 1.165) is 5.56 Å². The van der Waals surface area contributed by atoms with Crippen LogP contribution in [0, 0.1) is 6.92 Å². The van der Waals surface area contributed by atoms with Crippen LogP contribution in [0.1, 0.15) is 21.5 Å². The lowest BCUT2D eigenvalue weighted by Gasteiger charge is -2.16. The highest BCUT2D eigenvalue weighted by Gasteiger charge is 2.24. The number of carbonyl (C=O) groups is 1. The monoisotopic (exact) mass is 552 g/mol. The van der Waals surface area contributed by atoms with E-state index in [1.54, 1.807) is 13.1 Å². The second-order valence-electron chi connectivity index (χ2n) is 6.95. The molecule has 0 aliphatic rings. The highest BCUT2D eigenvalue weighted by molar-refractivity contribution is 9.10. The van der Waals surface area contributed by atoms with Gasteiger partial charge in [0.25, 0.3) is 5.91 Å². The third-order valence-electron chi connectivity index (χ3n) is 4.98. The van der Waals surface area contributed by atoms with Crippen molar-refractivity contribution in [3.63, 3.8) is 0 Å². The first kappa shape index (κ1) is 22.9. The predicted octanol–water partition coefficient (Wildman–Crippen LogP) is 6.77. The van der Waals surface area contributed by atoms with Crippen LogP contribution in [0.2, 0.25) is 15.2 Å². The zero-order valence-electron chi connectivity index (χ0n) is 16.9. The average molecular weight is 555 g/mol. The van der Waals surface area contributed by atoms with Gasteiger partial charge in [0.05, 0.1) is 27.9 Å². The molecule has 4 rings (SSSR count). The molecule has 2 heterocycles. The minimum atomic E-state index is -0.441. The van der Waals surface area contributed by atoms with Crippen molar-refractivity contribution in [3.8, 4) is 5.75 Å². The summed E-state index contributed by atoms with van der Waals surface area (Å²) in [7, 11) is 1.49. The van der Waals surface area contributed by atoms with Gasteiger partial charge < -0.3 is 14.6 Å². The van der Waals surface area contributed by atoms with Crippen LogP contribution in [0.25, 0.3) is 11.0 Å². The van der Waals surface area contributed by atoms with Gasteiger partial charge in [-0.3, -0.25) is 4.79 Å².